The first-order valence-electron chi connectivity index (χ1n) is 11.0. The lowest BCUT2D eigenvalue weighted by atomic mass is 9.83. The van der Waals surface area contributed by atoms with Crippen molar-refractivity contribution in [2.24, 2.45) is 5.92 Å². The Morgan fingerprint density at radius 2 is 1.90 bits per heavy atom. The molecule has 0 aliphatic carbocycles. The molecule has 0 unspecified atom stereocenters. The summed E-state index contributed by atoms with van der Waals surface area (Å²) in [5, 5.41) is 0. The molecule has 1 aromatic carbocycles. The van der Waals surface area contributed by atoms with E-state index in [1.54, 1.807) is 6.07 Å². The Morgan fingerprint density at radius 3 is 2.65 bits per heavy atom. The van der Waals surface area contributed by atoms with Crippen molar-refractivity contribution in [3.63, 3.8) is 0 Å². The number of amides is 1. The number of aromatic nitrogens is 3. The molecule has 4 heterocycles. The lowest BCUT2D eigenvalue weighted by molar-refractivity contribution is -0.00775. The number of benzene rings is 1. The van der Waals surface area contributed by atoms with Crippen molar-refractivity contribution in [1.29, 1.82) is 0 Å². The molecule has 6 nitrogen and oxygen atoms in total. The molecule has 1 fully saturated rings. The molecule has 0 radical (unpaired) electrons. The maximum absolute atomic E-state index is 13.0. The summed E-state index contributed by atoms with van der Waals surface area (Å²) >= 11 is 0. The number of ether oxygens (including phenoxy) is 1. The molecule has 2 aromatic heterocycles. The monoisotopic (exact) mass is 416 g/mol. The summed E-state index contributed by atoms with van der Waals surface area (Å²) in [7, 11) is 0. The number of imidazole rings is 1. The highest BCUT2D eigenvalue weighted by Gasteiger charge is 2.47. The summed E-state index contributed by atoms with van der Waals surface area (Å²) < 4.78 is 8.97. The average molecular weight is 417 g/mol. The van der Waals surface area contributed by atoms with E-state index in [0.29, 0.717) is 24.7 Å². The summed E-state index contributed by atoms with van der Waals surface area (Å²) in [6.45, 7) is 8.49. The van der Waals surface area contributed by atoms with Gasteiger partial charge in [0.1, 0.15) is 11.4 Å². The van der Waals surface area contributed by atoms with Gasteiger partial charge in [0.25, 0.3) is 5.91 Å². The molecule has 0 saturated carbocycles. The molecule has 0 atom stereocenters. The summed E-state index contributed by atoms with van der Waals surface area (Å²) in [5.41, 5.74) is 4.12. The lowest BCUT2D eigenvalue weighted by Gasteiger charge is -2.44. The van der Waals surface area contributed by atoms with Crippen LogP contribution < -0.4 is 4.74 Å². The Bertz CT molecular complexity index is 1130. The molecule has 160 valence electrons. The molecule has 5 rings (SSSR count). The van der Waals surface area contributed by atoms with Crippen LogP contribution in [0.3, 0.4) is 0 Å². The zero-order valence-corrected chi connectivity index (χ0v) is 18.3. The predicted octanol–water partition coefficient (Wildman–Crippen LogP) is 4.43. The van der Waals surface area contributed by atoms with Gasteiger partial charge in [-0.2, -0.15) is 0 Å². The molecule has 0 N–H and O–H groups in total. The first kappa shape index (κ1) is 19.8. The summed E-state index contributed by atoms with van der Waals surface area (Å²) in [4.78, 5) is 24.2. The maximum Gasteiger partial charge on any atom is 0.272 e. The van der Waals surface area contributed by atoms with E-state index in [0.717, 1.165) is 47.8 Å². The second-order valence-electron chi connectivity index (χ2n) is 9.04. The van der Waals surface area contributed by atoms with Gasteiger partial charge in [-0.3, -0.25) is 4.79 Å². The zero-order valence-electron chi connectivity index (χ0n) is 18.3. The molecule has 1 saturated heterocycles. The molecule has 1 spiro atoms. The second kappa shape index (κ2) is 7.52. The molecule has 3 aromatic rings. The highest BCUT2D eigenvalue weighted by molar-refractivity contribution is 5.92. The normalized spacial score (nSPS) is 16.7. The van der Waals surface area contributed by atoms with E-state index >= 15 is 0 Å². The Hall–Kier alpha value is -3.15. The van der Waals surface area contributed by atoms with Crippen molar-refractivity contribution in [3.8, 4) is 17.0 Å². The van der Waals surface area contributed by atoms with Gasteiger partial charge in [0.2, 0.25) is 0 Å². The van der Waals surface area contributed by atoms with Crippen LogP contribution in [0.2, 0.25) is 0 Å². The van der Waals surface area contributed by atoms with Gasteiger partial charge in [-0.05, 0) is 37.1 Å². The predicted molar refractivity (Wildman–Crippen MR) is 119 cm³/mol. The number of nitrogens with zero attached hydrogens (tertiary/aromatic N) is 4. The molecular formula is C25H28N4O2. The third-order valence-corrected chi connectivity index (χ3v) is 6.24. The zero-order chi connectivity index (χ0) is 21.6. The van der Waals surface area contributed by atoms with Crippen LogP contribution in [0.1, 0.15) is 48.6 Å². The minimum atomic E-state index is -0.466. The Kier molecular flexibility index (Phi) is 4.80. The molecule has 0 bridgehead atoms. The van der Waals surface area contributed by atoms with Crippen LogP contribution in [0, 0.1) is 12.8 Å². The van der Waals surface area contributed by atoms with E-state index in [1.807, 2.05) is 48.5 Å². The fourth-order valence-corrected chi connectivity index (χ4v) is 4.83. The number of hydrogen-bond acceptors (Lipinski definition) is 4. The number of rotatable bonds is 3. The third-order valence-electron chi connectivity index (χ3n) is 6.24. The first-order valence-corrected chi connectivity index (χ1v) is 11.0. The topological polar surface area (TPSA) is 60.3 Å². The number of carbonyl (C=O) groups is 1. The highest BCUT2D eigenvalue weighted by Crippen LogP contribution is 2.49. The number of pyridine rings is 1. The number of hydrogen-bond donors (Lipinski definition) is 0. The Balaban J connectivity index is 1.47. The van der Waals surface area contributed by atoms with Crippen LogP contribution >= 0.6 is 0 Å². The average Bonchev–Trinajstić information content (AvgIpc) is 3.18. The standard InChI is InChI=1S/C25H28N4O2/c1-17(2)15-29-16-26-22-19-8-4-5-10-21(19)31-25(23(22)29)11-13-28(14-12-25)24(30)20-9-6-7-18(3)27-20/h4-10,16-17H,11-15H2,1-3H3. The number of para-hydroxylation sites is 1. The fourth-order valence-electron chi connectivity index (χ4n) is 4.83. The highest BCUT2D eigenvalue weighted by atomic mass is 16.5. The van der Waals surface area contributed by atoms with Crippen molar-refractivity contribution < 1.29 is 9.53 Å². The van der Waals surface area contributed by atoms with Crippen molar-refractivity contribution in [2.75, 3.05) is 13.1 Å². The van der Waals surface area contributed by atoms with Gasteiger partial charge < -0.3 is 14.2 Å². The molecule has 6 heteroatoms. The largest absolute Gasteiger partial charge is 0.480 e. The van der Waals surface area contributed by atoms with Crippen molar-refractivity contribution >= 4 is 5.91 Å². The molecule has 1 amide bonds. The number of likely N-dealkylation sites (tertiary alicyclic amines) is 1. The van der Waals surface area contributed by atoms with Crippen LogP contribution in [0.15, 0.2) is 48.8 Å². The Morgan fingerprint density at radius 1 is 1.13 bits per heavy atom. The van der Waals surface area contributed by atoms with E-state index in [1.165, 1.54) is 0 Å². The first-order chi connectivity index (χ1) is 15.0. The van der Waals surface area contributed by atoms with E-state index in [-0.39, 0.29) is 5.91 Å². The van der Waals surface area contributed by atoms with Crippen molar-refractivity contribution in [1.82, 2.24) is 19.4 Å². The van der Waals surface area contributed by atoms with Gasteiger partial charge in [-0.1, -0.05) is 32.0 Å². The van der Waals surface area contributed by atoms with E-state index < -0.39 is 5.60 Å². The fraction of sp³-hybridized carbons (Fsp3) is 0.400. The van der Waals surface area contributed by atoms with Gasteiger partial charge >= 0.3 is 0 Å². The van der Waals surface area contributed by atoms with Gasteiger partial charge in [0.05, 0.1) is 17.7 Å². The van der Waals surface area contributed by atoms with E-state index in [4.69, 9.17) is 9.72 Å². The molecule has 2 aliphatic heterocycles. The van der Waals surface area contributed by atoms with Crippen LogP contribution in [0.5, 0.6) is 5.75 Å². The minimum Gasteiger partial charge on any atom is -0.480 e. The van der Waals surface area contributed by atoms with E-state index in [2.05, 4.69) is 29.5 Å². The summed E-state index contributed by atoms with van der Waals surface area (Å²) in [6.07, 6.45) is 3.41. The molecule has 2 aliphatic rings. The third kappa shape index (κ3) is 3.40. The molecular weight excluding hydrogens is 388 g/mol. The van der Waals surface area contributed by atoms with Gasteiger partial charge in [-0.15, -0.1) is 0 Å². The van der Waals surface area contributed by atoms with Crippen molar-refractivity contribution in [3.05, 3.63) is 65.9 Å². The summed E-state index contributed by atoms with van der Waals surface area (Å²) in [5.74, 6) is 1.37. The van der Waals surface area contributed by atoms with E-state index in [9.17, 15) is 4.79 Å². The van der Waals surface area contributed by atoms with Crippen LogP contribution in [0.25, 0.3) is 11.3 Å². The quantitative estimate of drug-likeness (QED) is 0.634. The van der Waals surface area contributed by atoms with Gasteiger partial charge in [0.15, 0.2) is 5.60 Å². The lowest BCUT2D eigenvalue weighted by Crippen LogP contribution is -2.50. The van der Waals surface area contributed by atoms with Crippen LogP contribution in [0.4, 0.5) is 0 Å². The van der Waals surface area contributed by atoms with Gasteiger partial charge in [0, 0.05) is 43.7 Å². The Labute approximate surface area is 182 Å². The summed E-state index contributed by atoms with van der Waals surface area (Å²) in [6, 6.07) is 13.7. The number of carbonyl (C=O) groups excluding carboxylic acids is 1. The number of fused-ring (bicyclic) bond motifs is 4. The number of aryl methyl sites for hydroxylation is 1. The smallest absolute Gasteiger partial charge is 0.272 e. The maximum atomic E-state index is 13.0. The molecule has 31 heavy (non-hydrogen) atoms. The SMILES string of the molecule is Cc1cccc(C(=O)N2CCC3(CC2)Oc2ccccc2-c2ncn(CC(C)C)c23)n1. The second-order valence-corrected chi connectivity index (χ2v) is 9.04. The van der Waals surface area contributed by atoms with Gasteiger partial charge in [-0.25, -0.2) is 9.97 Å². The van der Waals surface area contributed by atoms with Crippen molar-refractivity contribution in [2.45, 2.75) is 45.8 Å². The van der Waals surface area contributed by atoms with Crippen LogP contribution in [-0.4, -0.2) is 38.4 Å². The minimum absolute atomic E-state index is 0.00864. The number of piperidine rings is 1. The van der Waals surface area contributed by atoms with Crippen LogP contribution in [-0.2, 0) is 12.1 Å².